The van der Waals surface area contributed by atoms with Crippen molar-refractivity contribution in [3.8, 4) is 0 Å². The zero-order valence-corrected chi connectivity index (χ0v) is 14.2. The van der Waals surface area contributed by atoms with Crippen molar-refractivity contribution in [3.05, 3.63) is 48.3 Å². The molecule has 0 radical (unpaired) electrons. The molecular weight excluding hydrogens is 326 g/mol. The molecule has 2 heterocycles. The highest BCUT2D eigenvalue weighted by Crippen LogP contribution is 2.23. The molecule has 0 aliphatic carbocycles. The molecule has 0 saturated carbocycles. The number of piperidine rings is 1. The van der Waals surface area contributed by atoms with E-state index in [0.717, 1.165) is 24.1 Å². The van der Waals surface area contributed by atoms with E-state index >= 15 is 0 Å². The van der Waals surface area contributed by atoms with Gasteiger partial charge in [-0.1, -0.05) is 0 Å². The third-order valence-corrected chi connectivity index (χ3v) is 5.31. The molecule has 1 N–H and O–H groups in total. The summed E-state index contributed by atoms with van der Waals surface area (Å²) in [6.07, 6.45) is 5.54. The third kappa shape index (κ3) is 3.56. The number of carbonyl (C=O) groups excluding carboxylic acids is 1. The Hall–Kier alpha value is -2.41. The van der Waals surface area contributed by atoms with Crippen LogP contribution in [0.25, 0.3) is 0 Å². The molecular formula is C17H19N3O3S. The molecule has 0 unspecified atom stereocenters. The van der Waals surface area contributed by atoms with E-state index in [0.29, 0.717) is 18.7 Å². The highest BCUT2D eigenvalue weighted by Gasteiger charge is 2.21. The molecule has 0 bridgehead atoms. The molecule has 126 valence electrons. The topological polar surface area (TPSA) is 79.4 Å². The van der Waals surface area contributed by atoms with Gasteiger partial charge in [-0.05, 0) is 55.7 Å². The average molecular weight is 345 g/mol. The smallest absolute Gasteiger partial charge is 0.261 e. The van der Waals surface area contributed by atoms with E-state index in [4.69, 9.17) is 0 Å². The van der Waals surface area contributed by atoms with Crippen molar-refractivity contribution in [2.75, 3.05) is 16.2 Å². The molecule has 6 nitrogen and oxygen atoms in total. The summed E-state index contributed by atoms with van der Waals surface area (Å²) < 4.78 is 27.4. The number of aryl methyl sites for hydroxylation is 1. The highest BCUT2D eigenvalue weighted by atomic mass is 32.2. The fourth-order valence-electron chi connectivity index (χ4n) is 2.71. The van der Waals surface area contributed by atoms with Crippen LogP contribution >= 0.6 is 0 Å². The van der Waals surface area contributed by atoms with Crippen LogP contribution in [0, 0.1) is 6.92 Å². The number of benzene rings is 1. The van der Waals surface area contributed by atoms with Crippen LogP contribution in [0.2, 0.25) is 0 Å². The average Bonchev–Trinajstić information content (AvgIpc) is 2.55. The number of anilines is 2. The number of pyridine rings is 1. The van der Waals surface area contributed by atoms with Crippen LogP contribution < -0.4 is 9.62 Å². The van der Waals surface area contributed by atoms with E-state index in [-0.39, 0.29) is 10.8 Å². The summed E-state index contributed by atoms with van der Waals surface area (Å²) in [4.78, 5) is 17.8. The van der Waals surface area contributed by atoms with Crippen molar-refractivity contribution >= 4 is 27.3 Å². The summed E-state index contributed by atoms with van der Waals surface area (Å²) in [5.41, 5.74) is 2.02. The van der Waals surface area contributed by atoms with Gasteiger partial charge in [-0.15, -0.1) is 0 Å². The van der Waals surface area contributed by atoms with Crippen LogP contribution in [0.15, 0.2) is 47.6 Å². The van der Waals surface area contributed by atoms with E-state index in [1.807, 2.05) is 6.92 Å². The minimum Gasteiger partial charge on any atom is -0.312 e. The zero-order valence-electron chi connectivity index (χ0n) is 13.4. The van der Waals surface area contributed by atoms with Gasteiger partial charge in [0.15, 0.2) is 0 Å². The lowest BCUT2D eigenvalue weighted by atomic mass is 10.1. The quantitative estimate of drug-likeness (QED) is 0.924. The van der Waals surface area contributed by atoms with Gasteiger partial charge in [-0.25, -0.2) is 8.42 Å². The number of amides is 1. The number of hydrogen-bond acceptors (Lipinski definition) is 4. The number of rotatable bonds is 4. The Morgan fingerprint density at radius 3 is 2.54 bits per heavy atom. The monoisotopic (exact) mass is 345 g/mol. The van der Waals surface area contributed by atoms with Crippen LogP contribution in [0.3, 0.4) is 0 Å². The van der Waals surface area contributed by atoms with Gasteiger partial charge in [0.25, 0.3) is 10.0 Å². The third-order valence-electron chi connectivity index (χ3n) is 3.91. The maximum absolute atomic E-state index is 12.4. The van der Waals surface area contributed by atoms with Crippen LogP contribution in [0.1, 0.15) is 24.8 Å². The number of nitrogens with zero attached hydrogens (tertiary/aromatic N) is 2. The predicted molar refractivity (Wildman–Crippen MR) is 92.4 cm³/mol. The SMILES string of the molecule is Cc1cncc(NS(=O)(=O)c2ccc(N3CCCCC3=O)cc2)c1. The van der Waals surface area contributed by atoms with Crippen molar-refractivity contribution in [2.24, 2.45) is 0 Å². The molecule has 1 aromatic heterocycles. The van der Waals surface area contributed by atoms with Crippen molar-refractivity contribution < 1.29 is 13.2 Å². The van der Waals surface area contributed by atoms with Crippen molar-refractivity contribution in [3.63, 3.8) is 0 Å². The van der Waals surface area contributed by atoms with E-state index < -0.39 is 10.0 Å². The van der Waals surface area contributed by atoms with E-state index in [1.165, 1.54) is 18.3 Å². The Kier molecular flexibility index (Phi) is 4.53. The lowest BCUT2D eigenvalue weighted by Gasteiger charge is -2.26. The van der Waals surface area contributed by atoms with E-state index in [9.17, 15) is 13.2 Å². The maximum atomic E-state index is 12.4. The Bertz CT molecular complexity index is 848. The lowest BCUT2D eigenvalue weighted by molar-refractivity contribution is -0.119. The highest BCUT2D eigenvalue weighted by molar-refractivity contribution is 7.92. The number of aromatic nitrogens is 1. The maximum Gasteiger partial charge on any atom is 0.261 e. The summed E-state index contributed by atoms with van der Waals surface area (Å²) in [7, 11) is -3.68. The van der Waals surface area contributed by atoms with Gasteiger partial charge in [0.1, 0.15) is 0 Å². The molecule has 1 aliphatic heterocycles. The summed E-state index contributed by atoms with van der Waals surface area (Å²) in [6.45, 7) is 2.52. The first-order valence-corrected chi connectivity index (χ1v) is 9.29. The van der Waals surface area contributed by atoms with Crippen LogP contribution in [-0.2, 0) is 14.8 Å². The van der Waals surface area contributed by atoms with Crippen molar-refractivity contribution in [1.82, 2.24) is 4.98 Å². The summed E-state index contributed by atoms with van der Waals surface area (Å²) in [5.74, 6) is 0.0841. The van der Waals surface area contributed by atoms with Crippen LogP contribution in [0.4, 0.5) is 11.4 Å². The second kappa shape index (κ2) is 6.60. The Morgan fingerprint density at radius 2 is 1.88 bits per heavy atom. The minimum absolute atomic E-state index is 0.0841. The first kappa shape index (κ1) is 16.4. The van der Waals surface area contributed by atoms with Gasteiger partial charge in [-0.2, -0.15) is 0 Å². The summed E-state index contributed by atoms with van der Waals surface area (Å²) in [5, 5.41) is 0. The Labute approximate surface area is 141 Å². The largest absolute Gasteiger partial charge is 0.312 e. The number of nitrogens with one attached hydrogen (secondary N) is 1. The number of hydrogen-bond donors (Lipinski definition) is 1. The number of sulfonamides is 1. The molecule has 7 heteroatoms. The van der Waals surface area contributed by atoms with Crippen molar-refractivity contribution in [1.29, 1.82) is 0 Å². The molecule has 1 aromatic carbocycles. The zero-order chi connectivity index (χ0) is 17.2. The molecule has 1 saturated heterocycles. The molecule has 3 rings (SSSR count). The fraction of sp³-hybridized carbons (Fsp3) is 0.294. The molecule has 0 spiro atoms. The van der Waals surface area contributed by atoms with Crippen LogP contribution in [0.5, 0.6) is 0 Å². The van der Waals surface area contributed by atoms with Gasteiger partial charge < -0.3 is 4.90 Å². The molecule has 1 aliphatic rings. The second-order valence-corrected chi connectivity index (χ2v) is 7.54. The minimum atomic E-state index is -3.68. The van der Waals surface area contributed by atoms with E-state index in [2.05, 4.69) is 9.71 Å². The Balaban J connectivity index is 1.80. The van der Waals surface area contributed by atoms with Gasteiger partial charge in [-0.3, -0.25) is 14.5 Å². The van der Waals surface area contributed by atoms with Gasteiger partial charge >= 0.3 is 0 Å². The normalized spacial score (nSPS) is 15.4. The molecule has 1 fully saturated rings. The molecule has 1 amide bonds. The molecule has 24 heavy (non-hydrogen) atoms. The molecule has 0 atom stereocenters. The van der Waals surface area contributed by atoms with Crippen LogP contribution in [-0.4, -0.2) is 25.9 Å². The van der Waals surface area contributed by atoms with Crippen molar-refractivity contribution in [2.45, 2.75) is 31.1 Å². The van der Waals surface area contributed by atoms with Gasteiger partial charge in [0.05, 0.1) is 16.8 Å². The van der Waals surface area contributed by atoms with Gasteiger partial charge in [0.2, 0.25) is 5.91 Å². The fourth-order valence-corrected chi connectivity index (χ4v) is 3.74. The lowest BCUT2D eigenvalue weighted by Crippen LogP contribution is -2.35. The molecule has 2 aromatic rings. The standard InChI is InChI=1S/C17H19N3O3S/c1-13-10-14(12-18-11-13)19-24(22,23)16-7-5-15(6-8-16)20-9-3-2-4-17(20)21/h5-8,10-12,19H,2-4,9H2,1H3. The second-order valence-electron chi connectivity index (χ2n) is 5.85. The van der Waals surface area contributed by atoms with Gasteiger partial charge in [0, 0.05) is 24.8 Å². The Morgan fingerprint density at radius 1 is 1.12 bits per heavy atom. The first-order chi connectivity index (χ1) is 11.5. The predicted octanol–water partition coefficient (Wildman–Crippen LogP) is 2.71. The summed E-state index contributed by atoms with van der Waals surface area (Å²) in [6, 6.07) is 8.09. The number of carbonyl (C=O) groups is 1. The van der Waals surface area contributed by atoms with E-state index in [1.54, 1.807) is 29.3 Å². The summed E-state index contributed by atoms with van der Waals surface area (Å²) >= 11 is 0. The first-order valence-electron chi connectivity index (χ1n) is 7.81.